The summed E-state index contributed by atoms with van der Waals surface area (Å²) in [5, 5.41) is 11.1. The van der Waals surface area contributed by atoms with Gasteiger partial charge in [0.25, 0.3) is 0 Å². The van der Waals surface area contributed by atoms with E-state index >= 15 is 0 Å². The van der Waals surface area contributed by atoms with Gasteiger partial charge in [-0.25, -0.2) is 4.79 Å². The number of ether oxygens (including phenoxy) is 3. The van der Waals surface area contributed by atoms with Crippen molar-refractivity contribution < 1.29 is 33.7 Å². The molecule has 1 saturated heterocycles. The van der Waals surface area contributed by atoms with E-state index in [2.05, 4.69) is 6.58 Å². The molecule has 2 rings (SSSR count). The SMILES string of the molecule is C=C1C(=O)O[C@@H]2/C=C(/C)CC/C=C(/COC(=O)[C@H](C)CC)[C@@H](OC(C)=O)[C@@H](O)[C@@H]12. The van der Waals surface area contributed by atoms with E-state index in [4.69, 9.17) is 14.2 Å². The molecule has 160 valence electrons. The Hall–Kier alpha value is -2.41. The van der Waals surface area contributed by atoms with Crippen molar-refractivity contribution in [3.05, 3.63) is 35.5 Å². The lowest BCUT2D eigenvalue weighted by molar-refractivity contribution is -0.154. The Morgan fingerprint density at radius 2 is 2.10 bits per heavy atom. The summed E-state index contributed by atoms with van der Waals surface area (Å²) in [5.74, 6) is -2.57. The molecule has 1 heterocycles. The van der Waals surface area contributed by atoms with Crippen molar-refractivity contribution in [1.82, 2.24) is 0 Å². The van der Waals surface area contributed by atoms with Gasteiger partial charge in [-0.1, -0.05) is 32.1 Å². The number of carbonyl (C=O) groups is 3. The summed E-state index contributed by atoms with van der Waals surface area (Å²) in [6, 6.07) is 0. The van der Waals surface area contributed by atoms with Crippen LogP contribution in [0.2, 0.25) is 0 Å². The molecule has 0 aromatic rings. The monoisotopic (exact) mass is 406 g/mol. The summed E-state index contributed by atoms with van der Waals surface area (Å²) < 4.78 is 16.2. The molecule has 0 aromatic carbocycles. The molecule has 0 radical (unpaired) electrons. The average Bonchev–Trinajstić information content (AvgIpc) is 2.93. The molecular formula is C22H30O7. The lowest BCUT2D eigenvalue weighted by Gasteiger charge is -2.31. The number of rotatable bonds is 5. The number of fused-ring (bicyclic) bond motifs is 1. The van der Waals surface area contributed by atoms with Gasteiger partial charge in [0.15, 0.2) is 6.10 Å². The molecule has 5 atom stereocenters. The van der Waals surface area contributed by atoms with Gasteiger partial charge in [-0.05, 0) is 32.3 Å². The fraction of sp³-hybridized carbons (Fsp3) is 0.591. The van der Waals surface area contributed by atoms with Gasteiger partial charge in [0.1, 0.15) is 18.8 Å². The summed E-state index contributed by atoms with van der Waals surface area (Å²) in [7, 11) is 0. The third kappa shape index (κ3) is 5.56. The van der Waals surface area contributed by atoms with Crippen molar-refractivity contribution in [2.45, 2.75) is 65.3 Å². The van der Waals surface area contributed by atoms with E-state index in [1.807, 2.05) is 19.9 Å². The maximum atomic E-state index is 12.1. The van der Waals surface area contributed by atoms with Crippen molar-refractivity contribution in [2.75, 3.05) is 6.61 Å². The molecule has 0 bridgehead atoms. The van der Waals surface area contributed by atoms with Crippen molar-refractivity contribution in [2.24, 2.45) is 11.8 Å². The Morgan fingerprint density at radius 3 is 2.72 bits per heavy atom. The molecule has 0 aromatic heterocycles. The molecule has 1 N–H and O–H groups in total. The van der Waals surface area contributed by atoms with Gasteiger partial charge in [-0.3, -0.25) is 9.59 Å². The van der Waals surface area contributed by atoms with Crippen LogP contribution < -0.4 is 0 Å². The van der Waals surface area contributed by atoms with Gasteiger partial charge in [0.05, 0.1) is 11.8 Å². The van der Waals surface area contributed by atoms with E-state index in [-0.39, 0.29) is 24.1 Å². The largest absolute Gasteiger partial charge is 0.461 e. The van der Waals surface area contributed by atoms with E-state index in [9.17, 15) is 19.5 Å². The summed E-state index contributed by atoms with van der Waals surface area (Å²) in [5.41, 5.74) is 1.60. The van der Waals surface area contributed by atoms with Crippen LogP contribution in [0, 0.1) is 11.8 Å². The highest BCUT2D eigenvalue weighted by Crippen LogP contribution is 2.35. The maximum absolute atomic E-state index is 12.1. The minimum absolute atomic E-state index is 0.111. The van der Waals surface area contributed by atoms with E-state index in [0.29, 0.717) is 24.8 Å². The first kappa shape index (κ1) is 22.9. The summed E-state index contributed by atoms with van der Waals surface area (Å²) >= 11 is 0. The minimum atomic E-state index is -1.28. The number of hydrogen-bond acceptors (Lipinski definition) is 7. The van der Waals surface area contributed by atoms with Crippen LogP contribution in [0.3, 0.4) is 0 Å². The first-order valence-electron chi connectivity index (χ1n) is 9.93. The van der Waals surface area contributed by atoms with Crippen LogP contribution in [0.1, 0.15) is 47.0 Å². The highest BCUT2D eigenvalue weighted by Gasteiger charge is 2.46. The zero-order valence-electron chi connectivity index (χ0n) is 17.5. The Kier molecular flexibility index (Phi) is 7.79. The molecule has 0 spiro atoms. The standard InChI is InChI=1S/C22H30O7/c1-6-13(3)21(25)27-11-16-9-7-8-12(2)10-17-18(14(4)22(26)29-17)19(24)20(16)28-15(5)23/h9-10,13,17-20,24H,4,6-8,11H2,1-3,5H3/b12-10-,16-9-/t13-,17-,18+,19+,20-/m1/s1. The third-order valence-electron chi connectivity index (χ3n) is 5.39. The quantitative estimate of drug-likeness (QED) is 0.324. The molecule has 7 nitrogen and oxygen atoms in total. The van der Waals surface area contributed by atoms with Gasteiger partial charge < -0.3 is 19.3 Å². The van der Waals surface area contributed by atoms with Crippen LogP contribution in [-0.2, 0) is 28.6 Å². The van der Waals surface area contributed by atoms with Gasteiger partial charge >= 0.3 is 17.9 Å². The Morgan fingerprint density at radius 1 is 1.41 bits per heavy atom. The number of carbonyl (C=O) groups excluding carboxylic acids is 3. The number of allylic oxidation sites excluding steroid dienone is 2. The molecule has 2 aliphatic rings. The maximum Gasteiger partial charge on any atom is 0.334 e. The normalized spacial score (nSPS) is 32.0. The summed E-state index contributed by atoms with van der Waals surface area (Å²) in [6.45, 7) is 10.5. The second kappa shape index (κ2) is 9.87. The second-order valence-electron chi connectivity index (χ2n) is 7.69. The highest BCUT2D eigenvalue weighted by atomic mass is 16.6. The second-order valence-corrected chi connectivity index (χ2v) is 7.69. The van der Waals surface area contributed by atoms with Crippen molar-refractivity contribution in [3.8, 4) is 0 Å². The van der Waals surface area contributed by atoms with E-state index in [0.717, 1.165) is 5.57 Å². The van der Waals surface area contributed by atoms with Crippen LogP contribution in [0.25, 0.3) is 0 Å². The molecular weight excluding hydrogens is 376 g/mol. The Labute approximate surface area is 171 Å². The smallest absolute Gasteiger partial charge is 0.334 e. The molecule has 1 fully saturated rings. The van der Waals surface area contributed by atoms with E-state index in [1.54, 1.807) is 13.0 Å². The number of esters is 3. The minimum Gasteiger partial charge on any atom is -0.461 e. The van der Waals surface area contributed by atoms with Crippen molar-refractivity contribution in [3.63, 3.8) is 0 Å². The van der Waals surface area contributed by atoms with Gasteiger partial charge in [-0.2, -0.15) is 0 Å². The van der Waals surface area contributed by atoms with Gasteiger partial charge in [0.2, 0.25) is 0 Å². The van der Waals surface area contributed by atoms with Crippen LogP contribution in [0.4, 0.5) is 0 Å². The van der Waals surface area contributed by atoms with Crippen LogP contribution in [0.5, 0.6) is 0 Å². The first-order valence-corrected chi connectivity index (χ1v) is 9.93. The number of hydrogen-bond donors (Lipinski definition) is 1. The third-order valence-corrected chi connectivity index (χ3v) is 5.39. The molecule has 7 heteroatoms. The number of aliphatic hydroxyl groups excluding tert-OH is 1. The molecule has 1 aliphatic carbocycles. The Balaban J connectivity index is 2.37. The molecule has 0 unspecified atom stereocenters. The predicted molar refractivity (Wildman–Crippen MR) is 106 cm³/mol. The summed E-state index contributed by atoms with van der Waals surface area (Å²) in [4.78, 5) is 35.9. The molecule has 29 heavy (non-hydrogen) atoms. The molecule has 0 saturated carbocycles. The van der Waals surface area contributed by atoms with Crippen LogP contribution >= 0.6 is 0 Å². The lowest BCUT2D eigenvalue weighted by Crippen LogP contribution is -2.42. The zero-order valence-corrected chi connectivity index (χ0v) is 17.5. The zero-order chi connectivity index (χ0) is 21.7. The summed E-state index contributed by atoms with van der Waals surface area (Å²) in [6.07, 6.45) is 2.48. The fourth-order valence-corrected chi connectivity index (χ4v) is 3.45. The predicted octanol–water partition coefficient (Wildman–Crippen LogP) is 2.63. The highest BCUT2D eigenvalue weighted by molar-refractivity contribution is 5.91. The topological polar surface area (TPSA) is 99.1 Å². The lowest BCUT2D eigenvalue weighted by atomic mass is 9.84. The average molecular weight is 406 g/mol. The molecule has 1 aliphatic heterocycles. The van der Waals surface area contributed by atoms with Gasteiger partial charge in [0, 0.05) is 18.1 Å². The Bertz CT molecular complexity index is 733. The van der Waals surface area contributed by atoms with Crippen LogP contribution in [-0.4, -0.2) is 47.9 Å². The van der Waals surface area contributed by atoms with Crippen molar-refractivity contribution in [1.29, 1.82) is 0 Å². The van der Waals surface area contributed by atoms with E-state index < -0.39 is 36.2 Å². The molecule has 0 amide bonds. The number of aliphatic hydroxyl groups is 1. The van der Waals surface area contributed by atoms with Crippen molar-refractivity contribution >= 4 is 17.9 Å². The van der Waals surface area contributed by atoms with Gasteiger partial charge in [-0.15, -0.1) is 0 Å². The van der Waals surface area contributed by atoms with E-state index in [1.165, 1.54) is 6.92 Å². The first-order chi connectivity index (χ1) is 13.6. The van der Waals surface area contributed by atoms with Crippen LogP contribution in [0.15, 0.2) is 35.5 Å². The fourth-order valence-electron chi connectivity index (χ4n) is 3.45.